The van der Waals surface area contributed by atoms with Gasteiger partial charge in [0.2, 0.25) is 11.8 Å². The lowest BCUT2D eigenvalue weighted by atomic mass is 9.94. The summed E-state index contributed by atoms with van der Waals surface area (Å²) in [6.45, 7) is 6.40. The molecule has 1 aromatic heterocycles. The summed E-state index contributed by atoms with van der Waals surface area (Å²) in [4.78, 5) is 34.3. The van der Waals surface area contributed by atoms with Gasteiger partial charge in [0.15, 0.2) is 0 Å². The molecule has 2 aromatic rings. The Morgan fingerprint density at radius 3 is 2.38 bits per heavy atom. The smallest absolute Gasteiger partial charge is 0.237 e. The van der Waals surface area contributed by atoms with E-state index in [2.05, 4.69) is 49.7 Å². The highest BCUT2D eigenvalue weighted by molar-refractivity contribution is 6.30. The van der Waals surface area contributed by atoms with E-state index in [4.69, 9.17) is 11.6 Å². The molecule has 2 N–H and O–H groups in total. The zero-order chi connectivity index (χ0) is 23.9. The normalized spacial score (nSPS) is 19.5. The van der Waals surface area contributed by atoms with Gasteiger partial charge >= 0.3 is 0 Å². The van der Waals surface area contributed by atoms with E-state index in [1.165, 1.54) is 11.8 Å². The van der Waals surface area contributed by atoms with Gasteiger partial charge in [-0.05, 0) is 63.4 Å². The van der Waals surface area contributed by atoms with Crippen LogP contribution in [0.4, 0.5) is 5.82 Å². The highest BCUT2D eigenvalue weighted by atomic mass is 35.5. The second kappa shape index (κ2) is 11.8. The van der Waals surface area contributed by atoms with Gasteiger partial charge in [0.1, 0.15) is 5.82 Å². The number of nitrogens with one attached hydrogen (secondary N) is 2. The van der Waals surface area contributed by atoms with E-state index in [9.17, 15) is 9.59 Å². The van der Waals surface area contributed by atoms with Gasteiger partial charge in [-0.3, -0.25) is 19.4 Å². The van der Waals surface area contributed by atoms with Crippen molar-refractivity contribution >= 4 is 29.2 Å². The Balaban J connectivity index is 1.17. The van der Waals surface area contributed by atoms with Crippen LogP contribution in [0.1, 0.15) is 38.2 Å². The summed E-state index contributed by atoms with van der Waals surface area (Å²) in [5, 5.41) is 6.67. The topological polar surface area (TPSA) is 77.6 Å². The monoisotopic (exact) mass is 483 g/mol. The number of hydrogen-bond donors (Lipinski definition) is 2. The summed E-state index contributed by atoms with van der Waals surface area (Å²) in [6, 6.07) is 14.0. The van der Waals surface area contributed by atoms with Crippen molar-refractivity contribution in [3.8, 4) is 0 Å². The molecule has 3 heterocycles. The molecule has 2 aliphatic rings. The van der Waals surface area contributed by atoms with Crippen LogP contribution in [0.15, 0.2) is 48.7 Å². The Hall–Kier alpha value is -2.48. The van der Waals surface area contributed by atoms with Crippen LogP contribution in [0, 0.1) is 5.92 Å². The average molecular weight is 484 g/mol. The Morgan fingerprint density at radius 2 is 1.74 bits per heavy atom. The van der Waals surface area contributed by atoms with Gasteiger partial charge < -0.3 is 10.6 Å². The number of amides is 2. The first kappa shape index (κ1) is 24.6. The van der Waals surface area contributed by atoms with Gasteiger partial charge in [0.25, 0.3) is 0 Å². The van der Waals surface area contributed by atoms with Gasteiger partial charge in [-0.2, -0.15) is 0 Å². The van der Waals surface area contributed by atoms with E-state index in [0.717, 1.165) is 58.4 Å². The molecule has 0 spiro atoms. The van der Waals surface area contributed by atoms with Gasteiger partial charge in [-0.1, -0.05) is 41.9 Å². The number of piperidine rings is 2. The van der Waals surface area contributed by atoms with E-state index in [-0.39, 0.29) is 29.8 Å². The maximum absolute atomic E-state index is 12.9. The van der Waals surface area contributed by atoms with E-state index in [1.807, 2.05) is 13.0 Å². The molecule has 0 radical (unpaired) electrons. The maximum atomic E-state index is 12.9. The summed E-state index contributed by atoms with van der Waals surface area (Å²) >= 11 is 5.85. The highest BCUT2D eigenvalue weighted by Crippen LogP contribution is 2.22. The van der Waals surface area contributed by atoms with E-state index < -0.39 is 0 Å². The summed E-state index contributed by atoms with van der Waals surface area (Å²) in [5.41, 5.74) is 1.33. The fourth-order valence-electron chi connectivity index (χ4n) is 4.79. The summed E-state index contributed by atoms with van der Waals surface area (Å²) in [6.07, 6.45) is 4.94. The molecular formula is C26H34ClN5O2. The van der Waals surface area contributed by atoms with Crippen LogP contribution in [0.2, 0.25) is 5.02 Å². The molecule has 7 nitrogen and oxygen atoms in total. The molecule has 0 bridgehead atoms. The Kier molecular flexibility index (Phi) is 8.53. The number of hydrogen-bond acceptors (Lipinski definition) is 5. The number of carbonyl (C=O) groups is 2. The molecular weight excluding hydrogens is 450 g/mol. The van der Waals surface area contributed by atoms with E-state index >= 15 is 0 Å². The summed E-state index contributed by atoms with van der Waals surface area (Å²) in [7, 11) is 0. The molecule has 2 fully saturated rings. The number of carbonyl (C=O) groups excluding carboxylic acids is 2. The molecule has 2 aliphatic heterocycles. The van der Waals surface area contributed by atoms with Gasteiger partial charge in [-0.15, -0.1) is 0 Å². The number of halogens is 1. The number of rotatable bonds is 7. The van der Waals surface area contributed by atoms with Crippen LogP contribution in [-0.4, -0.2) is 64.9 Å². The van der Waals surface area contributed by atoms with Crippen molar-refractivity contribution in [2.75, 3.05) is 31.5 Å². The lowest BCUT2D eigenvalue weighted by molar-refractivity contribution is -0.128. The van der Waals surface area contributed by atoms with Crippen molar-refractivity contribution in [1.82, 2.24) is 20.1 Å². The molecule has 1 unspecified atom stereocenters. The predicted octanol–water partition coefficient (Wildman–Crippen LogP) is 3.55. The molecule has 4 rings (SSSR count). The molecule has 8 heteroatoms. The van der Waals surface area contributed by atoms with Crippen LogP contribution in [-0.2, 0) is 16.1 Å². The number of anilines is 1. The average Bonchev–Trinajstić information content (AvgIpc) is 2.87. The first-order valence-electron chi connectivity index (χ1n) is 12.2. The molecule has 1 aromatic carbocycles. The van der Waals surface area contributed by atoms with Crippen molar-refractivity contribution in [2.45, 2.75) is 51.2 Å². The Labute approximate surface area is 206 Å². The highest BCUT2D eigenvalue weighted by Gasteiger charge is 2.31. The largest absolute Gasteiger partial charge is 0.352 e. The van der Waals surface area contributed by atoms with Crippen molar-refractivity contribution in [3.63, 3.8) is 0 Å². The zero-order valence-electron chi connectivity index (χ0n) is 19.8. The van der Waals surface area contributed by atoms with Crippen molar-refractivity contribution in [2.24, 2.45) is 5.92 Å². The third-order valence-corrected chi connectivity index (χ3v) is 7.21. The van der Waals surface area contributed by atoms with Crippen LogP contribution in [0.3, 0.4) is 0 Å². The van der Waals surface area contributed by atoms with Crippen molar-refractivity contribution in [3.05, 3.63) is 59.2 Å². The molecule has 2 saturated heterocycles. The fourth-order valence-corrected chi connectivity index (χ4v) is 4.90. The molecule has 1 atom stereocenters. The second-order valence-electron chi connectivity index (χ2n) is 9.38. The number of aromatic nitrogens is 1. The van der Waals surface area contributed by atoms with Crippen molar-refractivity contribution in [1.29, 1.82) is 0 Å². The van der Waals surface area contributed by atoms with E-state index in [1.54, 1.807) is 12.1 Å². The number of benzene rings is 1. The predicted molar refractivity (Wildman–Crippen MR) is 135 cm³/mol. The molecule has 0 saturated carbocycles. The fraction of sp³-hybridized carbons (Fsp3) is 0.500. The lowest BCUT2D eigenvalue weighted by Crippen LogP contribution is -2.53. The minimum Gasteiger partial charge on any atom is -0.352 e. The third kappa shape index (κ3) is 6.78. The molecule has 182 valence electrons. The quantitative estimate of drug-likeness (QED) is 0.629. The minimum absolute atomic E-state index is 0.0196. The van der Waals surface area contributed by atoms with Gasteiger partial charge in [0.05, 0.1) is 11.1 Å². The maximum Gasteiger partial charge on any atom is 0.237 e. The zero-order valence-corrected chi connectivity index (χ0v) is 20.5. The van der Waals surface area contributed by atoms with E-state index in [0.29, 0.717) is 10.8 Å². The minimum atomic E-state index is -0.190. The lowest BCUT2D eigenvalue weighted by Gasteiger charge is -2.36. The first-order valence-corrected chi connectivity index (χ1v) is 12.6. The Morgan fingerprint density at radius 1 is 1.03 bits per heavy atom. The second-order valence-corrected chi connectivity index (χ2v) is 9.82. The number of nitrogens with zero attached hydrogens (tertiary/aromatic N) is 3. The third-order valence-electron chi connectivity index (χ3n) is 6.99. The summed E-state index contributed by atoms with van der Waals surface area (Å²) in [5.74, 6) is 0.515. The van der Waals surface area contributed by atoms with Gasteiger partial charge in [-0.25, -0.2) is 4.98 Å². The SMILES string of the molecule is CC(C(=O)NC1CCN(Cc2ccccc2)CC1)N1CCC(C(=O)Nc2ccc(Cl)cn2)CC1. The number of likely N-dealkylation sites (tertiary alicyclic amines) is 2. The standard InChI is InChI=1S/C26H34ClN5O2/c1-19(25(33)29-23-11-13-31(14-12-23)18-20-5-3-2-4-6-20)32-15-9-21(10-16-32)26(34)30-24-8-7-22(27)17-28-24/h2-8,17,19,21,23H,9-16,18H2,1H3,(H,29,33)(H,28,30,34). The molecule has 34 heavy (non-hydrogen) atoms. The van der Waals surface area contributed by atoms with Crippen LogP contribution in [0.25, 0.3) is 0 Å². The Bertz CT molecular complexity index is 939. The van der Waals surface area contributed by atoms with Crippen LogP contribution >= 0.6 is 11.6 Å². The van der Waals surface area contributed by atoms with Crippen LogP contribution in [0.5, 0.6) is 0 Å². The number of pyridine rings is 1. The van der Waals surface area contributed by atoms with Crippen LogP contribution < -0.4 is 10.6 Å². The molecule has 0 aliphatic carbocycles. The van der Waals surface area contributed by atoms with Crippen molar-refractivity contribution < 1.29 is 9.59 Å². The van der Waals surface area contributed by atoms with Gasteiger partial charge in [0, 0.05) is 37.8 Å². The molecule has 2 amide bonds. The summed E-state index contributed by atoms with van der Waals surface area (Å²) < 4.78 is 0. The first-order chi connectivity index (χ1) is 16.5.